The molecule has 4 heteroatoms. The lowest BCUT2D eigenvalue weighted by Gasteiger charge is -2.05. The number of hydrogen-bond donors (Lipinski definition) is 2. The quantitative estimate of drug-likeness (QED) is 0.712. The molecule has 1 rings (SSSR count). The molecule has 13 heavy (non-hydrogen) atoms. The van der Waals surface area contributed by atoms with Crippen molar-refractivity contribution in [2.75, 3.05) is 18.9 Å². The highest BCUT2D eigenvalue weighted by Gasteiger charge is 2.02. The number of aryl methyl sites for hydroxylation is 1. The second-order valence-corrected chi connectivity index (χ2v) is 2.75. The molecule has 0 aliphatic heterocycles. The first kappa shape index (κ1) is 9.67. The van der Waals surface area contributed by atoms with Gasteiger partial charge in [-0.3, -0.25) is 4.79 Å². The third kappa shape index (κ3) is 2.83. The zero-order valence-electron chi connectivity index (χ0n) is 7.79. The summed E-state index contributed by atoms with van der Waals surface area (Å²) in [6, 6.07) is 3.74. The van der Waals surface area contributed by atoms with Gasteiger partial charge in [0.05, 0.1) is 6.54 Å². The molecule has 0 saturated heterocycles. The van der Waals surface area contributed by atoms with Gasteiger partial charge in [0.1, 0.15) is 5.82 Å². The summed E-state index contributed by atoms with van der Waals surface area (Å²) in [5.41, 5.74) is 0.965. The van der Waals surface area contributed by atoms with Crippen molar-refractivity contribution < 1.29 is 4.79 Å². The van der Waals surface area contributed by atoms with E-state index in [1.807, 2.05) is 19.1 Å². The van der Waals surface area contributed by atoms with Crippen LogP contribution < -0.4 is 10.6 Å². The van der Waals surface area contributed by atoms with Gasteiger partial charge >= 0.3 is 0 Å². The zero-order valence-corrected chi connectivity index (χ0v) is 7.79. The average molecular weight is 179 g/mol. The Balaban J connectivity index is 2.63. The summed E-state index contributed by atoms with van der Waals surface area (Å²) in [5, 5.41) is 5.47. The Morgan fingerprint density at radius 2 is 2.38 bits per heavy atom. The van der Waals surface area contributed by atoms with Crippen molar-refractivity contribution in [2.45, 2.75) is 6.92 Å². The first-order valence-corrected chi connectivity index (χ1v) is 4.10. The van der Waals surface area contributed by atoms with Crippen molar-refractivity contribution >= 4 is 11.7 Å². The first-order chi connectivity index (χ1) is 6.24. The van der Waals surface area contributed by atoms with Gasteiger partial charge < -0.3 is 10.6 Å². The minimum absolute atomic E-state index is 0.0794. The fraction of sp³-hybridized carbons (Fsp3) is 0.333. The number of amides is 1. The van der Waals surface area contributed by atoms with Crippen molar-refractivity contribution in [3.05, 3.63) is 23.9 Å². The number of pyridine rings is 1. The van der Waals surface area contributed by atoms with Crippen molar-refractivity contribution in [3.8, 4) is 0 Å². The van der Waals surface area contributed by atoms with E-state index in [9.17, 15) is 4.79 Å². The van der Waals surface area contributed by atoms with Gasteiger partial charge in [0.15, 0.2) is 0 Å². The van der Waals surface area contributed by atoms with Crippen LogP contribution in [0.25, 0.3) is 0 Å². The van der Waals surface area contributed by atoms with Crippen molar-refractivity contribution in [1.29, 1.82) is 0 Å². The second kappa shape index (κ2) is 4.57. The Kier molecular flexibility index (Phi) is 3.40. The van der Waals surface area contributed by atoms with E-state index in [0.717, 1.165) is 5.56 Å². The predicted molar refractivity (Wildman–Crippen MR) is 51.5 cm³/mol. The van der Waals surface area contributed by atoms with Crippen molar-refractivity contribution in [3.63, 3.8) is 0 Å². The largest absolute Gasteiger partial charge is 0.311 e. The van der Waals surface area contributed by atoms with Crippen molar-refractivity contribution in [1.82, 2.24) is 10.3 Å². The lowest BCUT2D eigenvalue weighted by molar-refractivity contribution is -0.115. The normalized spacial score (nSPS) is 9.69. The number of nitrogens with one attached hydrogen (secondary N) is 2. The molecule has 1 heterocycles. The number of carbonyl (C=O) groups excluding carboxylic acids is 1. The summed E-state index contributed by atoms with van der Waals surface area (Å²) in [5.74, 6) is 0.548. The Hall–Kier alpha value is -1.42. The summed E-state index contributed by atoms with van der Waals surface area (Å²) < 4.78 is 0. The van der Waals surface area contributed by atoms with Crippen LogP contribution >= 0.6 is 0 Å². The van der Waals surface area contributed by atoms with Crippen LogP contribution in [0.1, 0.15) is 5.56 Å². The molecule has 0 aliphatic carbocycles. The lowest BCUT2D eigenvalue weighted by atomic mass is 10.3. The SMILES string of the molecule is CNCC(=O)Nc1ncccc1C. The van der Waals surface area contributed by atoms with Gasteiger partial charge in [-0.1, -0.05) is 6.07 Å². The number of likely N-dealkylation sites (N-methyl/N-ethyl adjacent to an activating group) is 1. The minimum atomic E-state index is -0.0794. The molecule has 0 fully saturated rings. The van der Waals surface area contributed by atoms with Gasteiger partial charge in [-0.15, -0.1) is 0 Å². The monoisotopic (exact) mass is 179 g/mol. The summed E-state index contributed by atoms with van der Waals surface area (Å²) in [7, 11) is 1.73. The standard InChI is InChI=1S/C9H13N3O/c1-7-4-3-5-11-9(7)12-8(13)6-10-2/h3-5,10H,6H2,1-2H3,(H,11,12,13). The lowest BCUT2D eigenvalue weighted by Crippen LogP contribution is -2.25. The average Bonchev–Trinajstić information content (AvgIpc) is 2.09. The van der Waals surface area contributed by atoms with Crippen LogP contribution in [0.15, 0.2) is 18.3 Å². The maximum absolute atomic E-state index is 11.2. The van der Waals surface area contributed by atoms with Crippen LogP contribution in [-0.4, -0.2) is 24.5 Å². The van der Waals surface area contributed by atoms with Gasteiger partial charge in [0.2, 0.25) is 5.91 Å². The predicted octanol–water partition coefficient (Wildman–Crippen LogP) is 0.548. The van der Waals surface area contributed by atoms with Gasteiger partial charge in [0.25, 0.3) is 0 Å². The smallest absolute Gasteiger partial charge is 0.239 e. The van der Waals surface area contributed by atoms with Gasteiger partial charge in [-0.2, -0.15) is 0 Å². The Morgan fingerprint density at radius 3 is 3.00 bits per heavy atom. The molecule has 2 N–H and O–H groups in total. The van der Waals surface area contributed by atoms with Crippen LogP contribution in [0.3, 0.4) is 0 Å². The molecule has 1 amide bonds. The molecule has 0 radical (unpaired) electrons. The van der Waals surface area contributed by atoms with Crippen LogP contribution in [0, 0.1) is 6.92 Å². The third-order valence-corrected chi connectivity index (χ3v) is 1.60. The summed E-state index contributed by atoms with van der Waals surface area (Å²) in [4.78, 5) is 15.2. The molecule has 0 spiro atoms. The molecule has 1 aromatic rings. The maximum Gasteiger partial charge on any atom is 0.239 e. The van der Waals surface area contributed by atoms with Crippen LogP contribution in [0.5, 0.6) is 0 Å². The highest BCUT2D eigenvalue weighted by molar-refractivity contribution is 5.91. The Labute approximate surface area is 77.4 Å². The zero-order chi connectivity index (χ0) is 9.68. The Bertz CT molecular complexity index is 299. The first-order valence-electron chi connectivity index (χ1n) is 4.10. The van der Waals surface area contributed by atoms with Crippen LogP contribution in [0.4, 0.5) is 5.82 Å². The second-order valence-electron chi connectivity index (χ2n) is 2.75. The van der Waals surface area contributed by atoms with E-state index >= 15 is 0 Å². The molecular weight excluding hydrogens is 166 g/mol. The van der Waals surface area contributed by atoms with E-state index in [-0.39, 0.29) is 5.91 Å². The number of anilines is 1. The van der Waals surface area contributed by atoms with E-state index in [4.69, 9.17) is 0 Å². The molecule has 0 unspecified atom stereocenters. The van der Waals surface area contributed by atoms with E-state index in [1.54, 1.807) is 13.2 Å². The topological polar surface area (TPSA) is 54.0 Å². The molecular formula is C9H13N3O. The van der Waals surface area contributed by atoms with E-state index < -0.39 is 0 Å². The van der Waals surface area contributed by atoms with E-state index in [1.165, 1.54) is 0 Å². The molecule has 4 nitrogen and oxygen atoms in total. The summed E-state index contributed by atoms with van der Waals surface area (Å²) >= 11 is 0. The van der Waals surface area contributed by atoms with Crippen molar-refractivity contribution in [2.24, 2.45) is 0 Å². The molecule has 0 atom stereocenters. The van der Waals surface area contributed by atoms with Gasteiger partial charge in [-0.05, 0) is 25.6 Å². The third-order valence-electron chi connectivity index (χ3n) is 1.60. The fourth-order valence-corrected chi connectivity index (χ4v) is 0.953. The summed E-state index contributed by atoms with van der Waals surface area (Å²) in [6.45, 7) is 2.21. The number of nitrogens with zero attached hydrogens (tertiary/aromatic N) is 1. The number of aromatic nitrogens is 1. The summed E-state index contributed by atoms with van der Waals surface area (Å²) in [6.07, 6.45) is 1.65. The minimum Gasteiger partial charge on any atom is -0.311 e. The number of carbonyl (C=O) groups is 1. The van der Waals surface area contributed by atoms with Gasteiger partial charge in [-0.25, -0.2) is 4.98 Å². The Morgan fingerprint density at radius 1 is 1.62 bits per heavy atom. The van der Waals surface area contributed by atoms with Crippen LogP contribution in [-0.2, 0) is 4.79 Å². The van der Waals surface area contributed by atoms with E-state index in [0.29, 0.717) is 12.4 Å². The number of hydrogen-bond acceptors (Lipinski definition) is 3. The molecule has 0 saturated carbocycles. The maximum atomic E-state index is 11.2. The highest BCUT2D eigenvalue weighted by Crippen LogP contribution is 2.08. The van der Waals surface area contributed by atoms with E-state index in [2.05, 4.69) is 15.6 Å². The molecule has 0 bridgehead atoms. The molecule has 0 aromatic carbocycles. The molecule has 70 valence electrons. The highest BCUT2D eigenvalue weighted by atomic mass is 16.1. The van der Waals surface area contributed by atoms with Gasteiger partial charge in [0, 0.05) is 6.20 Å². The molecule has 1 aromatic heterocycles. The molecule has 0 aliphatic rings. The fourth-order valence-electron chi connectivity index (χ4n) is 0.953. The number of rotatable bonds is 3. The van der Waals surface area contributed by atoms with Crippen LogP contribution in [0.2, 0.25) is 0 Å².